The number of nitrogens with zero attached hydrogens (tertiary/aromatic N) is 1. The molecule has 1 N–H and O–H groups in total. The monoisotopic (exact) mass is 352 g/mol. The lowest BCUT2D eigenvalue weighted by molar-refractivity contribution is -0.385. The van der Waals surface area contributed by atoms with Crippen LogP contribution in [0.15, 0.2) is 41.7 Å². The van der Waals surface area contributed by atoms with E-state index in [4.69, 9.17) is 21.1 Å². The Morgan fingerprint density at radius 2 is 2.29 bits per heavy atom. The lowest BCUT2D eigenvalue weighted by atomic mass is 10.00. The van der Waals surface area contributed by atoms with Gasteiger partial charge in [-0.25, -0.2) is 4.39 Å². The molecular weight excluding hydrogens is 343 g/mol. The van der Waals surface area contributed by atoms with Crippen LogP contribution in [-0.4, -0.2) is 17.6 Å². The Hall–Kier alpha value is -2.87. The van der Waals surface area contributed by atoms with Gasteiger partial charge in [0.2, 0.25) is 6.79 Å². The topological polar surface area (TPSA) is 90.7 Å². The van der Waals surface area contributed by atoms with E-state index in [1.807, 2.05) is 0 Å². The number of rotatable bonds is 4. The van der Waals surface area contributed by atoms with Gasteiger partial charge in [-0.2, -0.15) is 0 Å². The van der Waals surface area contributed by atoms with Crippen LogP contribution in [0.3, 0.4) is 0 Å². The molecule has 0 aliphatic carbocycles. The van der Waals surface area contributed by atoms with E-state index in [9.17, 15) is 19.3 Å². The van der Waals surface area contributed by atoms with Gasteiger partial charge in [-0.15, -0.1) is 0 Å². The molecule has 2 aliphatic heterocycles. The summed E-state index contributed by atoms with van der Waals surface area (Å²) in [5, 5.41) is 13.7. The van der Waals surface area contributed by atoms with Crippen molar-refractivity contribution in [2.75, 3.05) is 6.79 Å². The van der Waals surface area contributed by atoms with Crippen LogP contribution in [0.2, 0.25) is 0 Å². The molecule has 0 fully saturated rings. The molecule has 1 aromatic rings. The first-order valence-electron chi connectivity index (χ1n) is 6.71. The molecule has 3 rings (SSSR count). The molecule has 2 aliphatic rings. The Balaban J connectivity index is 2.18. The van der Waals surface area contributed by atoms with Gasteiger partial charge < -0.3 is 14.8 Å². The molecule has 9 heteroatoms. The van der Waals surface area contributed by atoms with Crippen LogP contribution >= 0.6 is 11.6 Å². The van der Waals surface area contributed by atoms with Crippen LogP contribution in [0, 0.1) is 10.1 Å². The van der Waals surface area contributed by atoms with Crippen LogP contribution in [0.5, 0.6) is 11.5 Å². The summed E-state index contributed by atoms with van der Waals surface area (Å²) in [5.74, 6) is -1.10. The molecule has 24 heavy (non-hydrogen) atoms. The highest BCUT2D eigenvalue weighted by Crippen LogP contribution is 2.49. The first kappa shape index (κ1) is 16.0. The molecule has 124 valence electrons. The molecule has 2 heterocycles. The first-order chi connectivity index (χ1) is 11.4. The summed E-state index contributed by atoms with van der Waals surface area (Å²) >= 11 is 6.07. The van der Waals surface area contributed by atoms with Gasteiger partial charge in [0.15, 0.2) is 11.5 Å². The Morgan fingerprint density at radius 1 is 1.54 bits per heavy atom. The van der Waals surface area contributed by atoms with Crippen molar-refractivity contribution in [1.82, 2.24) is 5.32 Å². The molecule has 0 radical (unpaired) electrons. The zero-order chi connectivity index (χ0) is 17.4. The molecule has 0 spiro atoms. The number of hydrogen-bond acceptors (Lipinski definition) is 5. The summed E-state index contributed by atoms with van der Waals surface area (Å²) in [6, 6.07) is 0.0993. The second-order valence-electron chi connectivity index (χ2n) is 4.90. The third-order valence-corrected chi connectivity index (χ3v) is 3.83. The quantitative estimate of drug-likeness (QED) is 0.510. The highest BCUT2D eigenvalue weighted by Gasteiger charge is 2.43. The largest absolute Gasteiger partial charge is 0.453 e. The zero-order valence-electron chi connectivity index (χ0n) is 12.0. The van der Waals surface area contributed by atoms with Crippen LogP contribution in [0.4, 0.5) is 10.1 Å². The maximum absolute atomic E-state index is 13.6. The summed E-state index contributed by atoms with van der Waals surface area (Å²) in [6.45, 7) is 3.20. The smallest absolute Gasteiger partial charge is 0.279 e. The molecule has 1 amide bonds. The van der Waals surface area contributed by atoms with Gasteiger partial charge in [0, 0.05) is 5.03 Å². The number of nitro groups is 1. The van der Waals surface area contributed by atoms with E-state index in [1.54, 1.807) is 0 Å². The minimum absolute atomic E-state index is 0.0157. The van der Waals surface area contributed by atoms with Crippen molar-refractivity contribution in [2.45, 2.75) is 6.04 Å². The number of carbonyl (C=O) groups excluding carboxylic acids is 1. The Labute approximate surface area is 140 Å². The number of nitrogens with one attached hydrogen (secondary N) is 1. The van der Waals surface area contributed by atoms with E-state index < -0.39 is 22.7 Å². The van der Waals surface area contributed by atoms with E-state index in [-0.39, 0.29) is 40.1 Å². The standard InChI is InChI=1S/C15H10ClFN2O5/c1-2-3-7(17)4-8(16)13-11-9(19(21)22)5-10-14(24-6-23-10)12(11)15(20)18-13/h2-5,13H,1,6H2,(H,18,20)/b7-3+,8-4-. The van der Waals surface area contributed by atoms with Crippen molar-refractivity contribution in [2.24, 2.45) is 0 Å². The van der Waals surface area contributed by atoms with E-state index in [0.717, 1.165) is 18.2 Å². The van der Waals surface area contributed by atoms with Gasteiger partial charge >= 0.3 is 0 Å². The molecule has 0 saturated carbocycles. The molecule has 0 aromatic heterocycles. The van der Waals surface area contributed by atoms with Crippen molar-refractivity contribution in [1.29, 1.82) is 0 Å². The third kappa shape index (κ3) is 2.50. The van der Waals surface area contributed by atoms with Crippen molar-refractivity contribution >= 4 is 23.2 Å². The summed E-state index contributed by atoms with van der Waals surface area (Å²) in [7, 11) is 0. The SMILES string of the molecule is C=C/C=C(F)\C=C(/Cl)C1NC(=O)c2c3c(cc([N+](=O)[O-])c21)OCO3. The first-order valence-corrected chi connectivity index (χ1v) is 7.09. The summed E-state index contributed by atoms with van der Waals surface area (Å²) in [6.07, 6.45) is 3.24. The van der Waals surface area contributed by atoms with E-state index in [2.05, 4.69) is 11.9 Å². The predicted octanol–water partition coefficient (Wildman–Crippen LogP) is 3.27. The molecule has 0 saturated heterocycles. The van der Waals surface area contributed by atoms with Crippen molar-refractivity contribution < 1.29 is 23.6 Å². The number of allylic oxidation sites excluding steroid dienone is 4. The maximum atomic E-state index is 13.6. The number of hydrogen-bond donors (Lipinski definition) is 1. The number of benzene rings is 1. The number of fused-ring (bicyclic) bond motifs is 3. The van der Waals surface area contributed by atoms with Gasteiger partial charge in [0.1, 0.15) is 5.83 Å². The van der Waals surface area contributed by atoms with Crippen LogP contribution in [0.1, 0.15) is 22.0 Å². The fourth-order valence-corrected chi connectivity index (χ4v) is 2.84. The lowest BCUT2D eigenvalue weighted by Crippen LogP contribution is -2.19. The van der Waals surface area contributed by atoms with Crippen molar-refractivity contribution in [3.05, 3.63) is 63.0 Å². The fourth-order valence-electron chi connectivity index (χ4n) is 2.57. The Bertz CT molecular complexity index is 834. The summed E-state index contributed by atoms with van der Waals surface area (Å²) in [4.78, 5) is 23.0. The van der Waals surface area contributed by atoms with E-state index in [0.29, 0.717) is 0 Å². The molecule has 0 bridgehead atoms. The number of amides is 1. The number of halogens is 2. The molecule has 1 atom stereocenters. The average Bonchev–Trinajstić information content (AvgIpc) is 3.10. The summed E-state index contributed by atoms with van der Waals surface area (Å²) in [5.41, 5.74) is -0.375. The molecule has 1 aromatic carbocycles. The molecule has 1 unspecified atom stereocenters. The minimum atomic E-state index is -1.06. The Morgan fingerprint density at radius 3 is 2.96 bits per heavy atom. The van der Waals surface area contributed by atoms with Gasteiger partial charge in [-0.1, -0.05) is 24.3 Å². The van der Waals surface area contributed by atoms with Gasteiger partial charge in [0.05, 0.1) is 28.2 Å². The van der Waals surface area contributed by atoms with Gasteiger partial charge in [-0.3, -0.25) is 14.9 Å². The second kappa shape index (κ2) is 5.97. The van der Waals surface area contributed by atoms with E-state index in [1.165, 1.54) is 6.08 Å². The zero-order valence-corrected chi connectivity index (χ0v) is 12.8. The predicted molar refractivity (Wildman–Crippen MR) is 82.8 cm³/mol. The second-order valence-corrected chi connectivity index (χ2v) is 5.33. The van der Waals surface area contributed by atoms with Crippen LogP contribution in [0.25, 0.3) is 0 Å². The minimum Gasteiger partial charge on any atom is -0.453 e. The number of nitro benzene ring substituents is 1. The van der Waals surface area contributed by atoms with Gasteiger partial charge in [0.25, 0.3) is 11.6 Å². The van der Waals surface area contributed by atoms with Crippen molar-refractivity contribution in [3.63, 3.8) is 0 Å². The summed E-state index contributed by atoms with van der Waals surface area (Å²) < 4.78 is 23.9. The van der Waals surface area contributed by atoms with Gasteiger partial charge in [-0.05, 0) is 12.2 Å². The Kier molecular flexibility index (Phi) is 3.98. The van der Waals surface area contributed by atoms with Crippen LogP contribution in [-0.2, 0) is 0 Å². The van der Waals surface area contributed by atoms with Crippen LogP contribution < -0.4 is 14.8 Å². The third-order valence-electron chi connectivity index (χ3n) is 3.50. The lowest BCUT2D eigenvalue weighted by Gasteiger charge is -2.11. The molecular formula is C15H10ClFN2O5. The fraction of sp³-hybridized carbons (Fsp3) is 0.133. The van der Waals surface area contributed by atoms with Crippen molar-refractivity contribution in [3.8, 4) is 11.5 Å². The number of ether oxygens (including phenoxy) is 2. The highest BCUT2D eigenvalue weighted by molar-refractivity contribution is 6.31. The van der Waals surface area contributed by atoms with E-state index >= 15 is 0 Å². The maximum Gasteiger partial charge on any atom is 0.279 e. The highest BCUT2D eigenvalue weighted by atomic mass is 35.5. The average molecular weight is 353 g/mol. The normalized spacial score (nSPS) is 19.1. The molecule has 7 nitrogen and oxygen atoms in total. The number of carbonyl (C=O) groups is 1.